The molecule has 0 aliphatic carbocycles. The molecule has 0 N–H and O–H groups in total. The highest BCUT2D eigenvalue weighted by Crippen LogP contribution is 2.28. The lowest BCUT2D eigenvalue weighted by atomic mass is 9.77. The van der Waals surface area contributed by atoms with Crippen molar-refractivity contribution in [2.45, 2.75) is 48.5 Å². The second-order valence-electron chi connectivity index (χ2n) is 6.03. The van der Waals surface area contributed by atoms with Crippen LogP contribution in [0.2, 0.25) is 0 Å². The van der Waals surface area contributed by atoms with Gasteiger partial charge in [-0.15, -0.1) is 0 Å². The molecule has 0 bridgehead atoms. The molecule has 0 saturated carbocycles. The minimum Gasteiger partial charge on any atom is -0.465 e. The van der Waals surface area contributed by atoms with E-state index in [2.05, 4.69) is 0 Å². The molecule has 16 heavy (non-hydrogen) atoms. The fourth-order valence-corrected chi connectivity index (χ4v) is 0.973. The van der Waals surface area contributed by atoms with Gasteiger partial charge in [0.05, 0.1) is 12.0 Å². The summed E-state index contributed by atoms with van der Waals surface area (Å²) in [5.74, 6) is -0.0817. The molecule has 1 atom stereocenters. The van der Waals surface area contributed by atoms with E-state index < -0.39 is 10.8 Å². The summed E-state index contributed by atoms with van der Waals surface area (Å²) < 4.78 is 5.21. The number of ketones is 1. The summed E-state index contributed by atoms with van der Waals surface area (Å²) in [7, 11) is 0. The Bertz CT molecular complexity index is 271. The number of rotatable bonds is 4. The topological polar surface area (TPSA) is 43.4 Å². The van der Waals surface area contributed by atoms with Gasteiger partial charge in [0.1, 0.15) is 5.78 Å². The van der Waals surface area contributed by atoms with Gasteiger partial charge in [0.2, 0.25) is 0 Å². The summed E-state index contributed by atoms with van der Waals surface area (Å²) in [6, 6.07) is 0. The van der Waals surface area contributed by atoms with Crippen LogP contribution in [0.1, 0.15) is 48.5 Å². The summed E-state index contributed by atoms with van der Waals surface area (Å²) in [4.78, 5) is 23.0. The molecule has 0 aliphatic heterocycles. The van der Waals surface area contributed by atoms with E-state index in [1.807, 2.05) is 41.5 Å². The van der Waals surface area contributed by atoms with E-state index in [-0.39, 0.29) is 17.7 Å². The maximum absolute atomic E-state index is 11.6. The summed E-state index contributed by atoms with van der Waals surface area (Å²) in [6.07, 6.45) is 0. The Labute approximate surface area is 98.6 Å². The summed E-state index contributed by atoms with van der Waals surface area (Å²) in [6.45, 7) is 13.0. The van der Waals surface area contributed by atoms with Crippen LogP contribution in [0.4, 0.5) is 0 Å². The Balaban J connectivity index is 4.34. The molecule has 0 aromatic carbocycles. The van der Waals surface area contributed by atoms with Crippen molar-refractivity contribution < 1.29 is 14.3 Å². The van der Waals surface area contributed by atoms with E-state index in [9.17, 15) is 9.59 Å². The van der Waals surface area contributed by atoms with E-state index in [0.29, 0.717) is 6.61 Å². The Morgan fingerprint density at radius 3 is 1.88 bits per heavy atom. The fourth-order valence-electron chi connectivity index (χ4n) is 0.973. The molecular weight excluding hydrogens is 204 g/mol. The van der Waals surface area contributed by atoms with Crippen LogP contribution >= 0.6 is 0 Å². The van der Waals surface area contributed by atoms with Crippen LogP contribution in [0.3, 0.4) is 0 Å². The van der Waals surface area contributed by atoms with Crippen molar-refractivity contribution in [3.63, 3.8) is 0 Å². The van der Waals surface area contributed by atoms with Crippen LogP contribution in [0, 0.1) is 16.7 Å². The van der Waals surface area contributed by atoms with Gasteiger partial charge in [0, 0.05) is 11.3 Å². The zero-order valence-electron chi connectivity index (χ0n) is 11.5. The monoisotopic (exact) mass is 228 g/mol. The van der Waals surface area contributed by atoms with Crippen molar-refractivity contribution in [3.05, 3.63) is 0 Å². The number of Topliss-reactive ketones (excluding diaryl/α,β-unsaturated/α-hetero) is 1. The second kappa shape index (κ2) is 4.98. The maximum Gasteiger partial charge on any atom is 0.311 e. The number of ether oxygens (including phenoxy) is 1. The molecule has 0 aromatic rings. The fraction of sp³-hybridized carbons (Fsp3) is 0.846. The van der Waals surface area contributed by atoms with E-state index >= 15 is 0 Å². The molecule has 3 heteroatoms. The normalized spacial score (nSPS) is 14.4. The van der Waals surface area contributed by atoms with Gasteiger partial charge >= 0.3 is 5.97 Å². The molecule has 3 nitrogen and oxygen atoms in total. The van der Waals surface area contributed by atoms with E-state index in [0.717, 1.165) is 0 Å². The van der Waals surface area contributed by atoms with Crippen molar-refractivity contribution in [3.8, 4) is 0 Å². The maximum atomic E-state index is 11.6. The first-order chi connectivity index (χ1) is 6.99. The number of carbonyl (C=O) groups excluding carboxylic acids is 2. The Morgan fingerprint density at radius 1 is 1.12 bits per heavy atom. The molecule has 0 aromatic heterocycles. The SMILES string of the molecule is CC(=O)C(C)(C)C(C)COC(=O)C(C)(C)C. The summed E-state index contributed by atoms with van der Waals surface area (Å²) in [5.41, 5.74) is -0.932. The average Bonchev–Trinajstić information content (AvgIpc) is 2.11. The van der Waals surface area contributed by atoms with Gasteiger partial charge in [-0.25, -0.2) is 0 Å². The molecule has 0 rings (SSSR count). The molecule has 0 radical (unpaired) electrons. The molecule has 0 amide bonds. The van der Waals surface area contributed by atoms with Gasteiger partial charge < -0.3 is 4.74 Å². The van der Waals surface area contributed by atoms with Crippen molar-refractivity contribution >= 4 is 11.8 Å². The molecular formula is C13H24O3. The lowest BCUT2D eigenvalue weighted by molar-refractivity contribution is -0.156. The quantitative estimate of drug-likeness (QED) is 0.695. The lowest BCUT2D eigenvalue weighted by Gasteiger charge is -2.29. The van der Waals surface area contributed by atoms with Crippen molar-refractivity contribution in [2.75, 3.05) is 6.61 Å². The van der Waals surface area contributed by atoms with Gasteiger partial charge in [-0.05, 0) is 27.7 Å². The predicted octanol–water partition coefficient (Wildman–Crippen LogP) is 2.83. The predicted molar refractivity (Wildman–Crippen MR) is 64.0 cm³/mol. The first kappa shape index (κ1) is 15.1. The van der Waals surface area contributed by atoms with Crippen molar-refractivity contribution in [1.29, 1.82) is 0 Å². The standard InChI is InChI=1S/C13H24O3/c1-9(13(6,7)10(2)14)8-16-11(15)12(3,4)5/h9H,8H2,1-7H3. The zero-order chi connectivity index (χ0) is 13.1. The summed E-state index contributed by atoms with van der Waals surface area (Å²) in [5, 5.41) is 0. The smallest absolute Gasteiger partial charge is 0.311 e. The van der Waals surface area contributed by atoms with Gasteiger partial charge in [-0.3, -0.25) is 9.59 Å². The third-order valence-corrected chi connectivity index (χ3v) is 3.22. The van der Waals surface area contributed by atoms with E-state index in [1.165, 1.54) is 0 Å². The third kappa shape index (κ3) is 3.95. The molecule has 94 valence electrons. The Hall–Kier alpha value is -0.860. The third-order valence-electron chi connectivity index (χ3n) is 3.22. The average molecular weight is 228 g/mol. The van der Waals surface area contributed by atoms with Gasteiger partial charge in [0.15, 0.2) is 0 Å². The van der Waals surface area contributed by atoms with Crippen molar-refractivity contribution in [1.82, 2.24) is 0 Å². The molecule has 0 fully saturated rings. The minimum atomic E-state index is -0.486. The number of esters is 1. The second-order valence-corrected chi connectivity index (χ2v) is 6.03. The van der Waals surface area contributed by atoms with Crippen LogP contribution < -0.4 is 0 Å². The largest absolute Gasteiger partial charge is 0.465 e. The molecule has 0 aliphatic rings. The molecule has 1 unspecified atom stereocenters. The van der Waals surface area contributed by atoms with Gasteiger partial charge in [-0.2, -0.15) is 0 Å². The highest BCUT2D eigenvalue weighted by molar-refractivity contribution is 5.81. The first-order valence-electron chi connectivity index (χ1n) is 5.68. The summed E-state index contributed by atoms with van der Waals surface area (Å²) >= 11 is 0. The van der Waals surface area contributed by atoms with Crippen molar-refractivity contribution in [2.24, 2.45) is 16.7 Å². The van der Waals surface area contributed by atoms with Crippen LogP contribution in [0.15, 0.2) is 0 Å². The van der Waals surface area contributed by atoms with Crippen LogP contribution in [-0.2, 0) is 14.3 Å². The minimum absolute atomic E-state index is 0.0244. The molecule has 0 spiro atoms. The molecule has 0 heterocycles. The zero-order valence-corrected chi connectivity index (χ0v) is 11.5. The number of hydrogen-bond acceptors (Lipinski definition) is 3. The van der Waals surface area contributed by atoms with Gasteiger partial charge in [0.25, 0.3) is 0 Å². The van der Waals surface area contributed by atoms with Gasteiger partial charge in [-0.1, -0.05) is 20.8 Å². The Morgan fingerprint density at radius 2 is 1.56 bits per heavy atom. The van der Waals surface area contributed by atoms with E-state index in [1.54, 1.807) is 6.92 Å². The highest BCUT2D eigenvalue weighted by atomic mass is 16.5. The number of carbonyl (C=O) groups is 2. The Kier molecular flexibility index (Phi) is 4.71. The van der Waals surface area contributed by atoms with Crippen LogP contribution in [0.5, 0.6) is 0 Å². The van der Waals surface area contributed by atoms with Crippen LogP contribution in [-0.4, -0.2) is 18.4 Å². The highest BCUT2D eigenvalue weighted by Gasteiger charge is 2.32. The first-order valence-corrected chi connectivity index (χ1v) is 5.68. The molecule has 0 saturated heterocycles. The lowest BCUT2D eigenvalue weighted by Crippen LogP contribution is -2.34. The number of hydrogen-bond donors (Lipinski definition) is 0. The van der Waals surface area contributed by atoms with Crippen LogP contribution in [0.25, 0.3) is 0 Å². The van der Waals surface area contributed by atoms with E-state index in [4.69, 9.17) is 4.74 Å².